The van der Waals surface area contributed by atoms with E-state index in [0.29, 0.717) is 40.6 Å². The Bertz CT molecular complexity index is 1520. The molecule has 2 heterocycles. The molecule has 3 aromatic rings. The normalized spacial score (nSPS) is 17.7. The van der Waals surface area contributed by atoms with Crippen LogP contribution >= 0.6 is 11.6 Å². The van der Waals surface area contributed by atoms with Gasteiger partial charge < -0.3 is 15.4 Å². The Morgan fingerprint density at radius 2 is 1.87 bits per heavy atom. The quantitative estimate of drug-likeness (QED) is 0.345. The predicted octanol–water partition coefficient (Wildman–Crippen LogP) is 4.10. The van der Waals surface area contributed by atoms with Crippen molar-refractivity contribution < 1.29 is 19.1 Å². The summed E-state index contributed by atoms with van der Waals surface area (Å²) in [5.74, 6) is -0.430. The number of nitrogens with one attached hydrogen (secondary N) is 1. The first-order valence-corrected chi connectivity index (χ1v) is 12.9. The number of carbonyl (C=O) groups is 3. The number of imide groups is 1. The lowest BCUT2D eigenvalue weighted by Gasteiger charge is -2.29. The molecule has 1 fully saturated rings. The second kappa shape index (κ2) is 11.1. The van der Waals surface area contributed by atoms with Gasteiger partial charge in [-0.25, -0.2) is 0 Å². The van der Waals surface area contributed by atoms with E-state index in [-0.39, 0.29) is 24.8 Å². The standard InChI is InChI=1S/C30H27ClN4O4/c1-33-28(20-8-11-26(24(31)14-20)39-17-18-5-3-2-4-6-18)23(15-32)19-7-9-22-21(13-19)16-35(30(22)38)25-10-12-27(36)34-29(25)37/h2-9,11,13-15,25H,10,12,16-17,32H2,1H3,(H,34,36,37)/b23-15-,33-28?. The van der Waals surface area contributed by atoms with E-state index >= 15 is 0 Å². The maximum atomic E-state index is 13.1. The minimum atomic E-state index is -0.673. The van der Waals surface area contributed by atoms with Crippen molar-refractivity contribution in [2.24, 2.45) is 10.7 Å². The van der Waals surface area contributed by atoms with Crippen molar-refractivity contribution in [3.8, 4) is 5.75 Å². The van der Waals surface area contributed by atoms with E-state index in [1.807, 2.05) is 48.5 Å². The first kappa shape index (κ1) is 26.2. The highest BCUT2D eigenvalue weighted by atomic mass is 35.5. The molecule has 2 aliphatic heterocycles. The van der Waals surface area contributed by atoms with Crippen LogP contribution in [0.2, 0.25) is 5.02 Å². The smallest absolute Gasteiger partial charge is 0.255 e. The third kappa shape index (κ3) is 5.28. The zero-order valence-electron chi connectivity index (χ0n) is 21.3. The van der Waals surface area contributed by atoms with E-state index in [4.69, 9.17) is 22.1 Å². The van der Waals surface area contributed by atoms with E-state index in [1.54, 1.807) is 25.2 Å². The molecule has 5 rings (SSSR count). The number of nitrogens with two attached hydrogens (primary N) is 1. The van der Waals surface area contributed by atoms with E-state index < -0.39 is 11.9 Å². The van der Waals surface area contributed by atoms with Gasteiger partial charge in [0.1, 0.15) is 18.4 Å². The highest BCUT2D eigenvalue weighted by Crippen LogP contribution is 2.32. The van der Waals surface area contributed by atoms with Crippen LogP contribution in [0.1, 0.15) is 45.5 Å². The Balaban J connectivity index is 1.36. The molecule has 3 amide bonds. The van der Waals surface area contributed by atoms with Crippen LogP contribution in [0.5, 0.6) is 5.75 Å². The average Bonchev–Trinajstić information content (AvgIpc) is 3.26. The van der Waals surface area contributed by atoms with E-state index in [0.717, 1.165) is 22.3 Å². The highest BCUT2D eigenvalue weighted by Gasteiger charge is 2.39. The molecule has 39 heavy (non-hydrogen) atoms. The molecular weight excluding hydrogens is 516 g/mol. The number of allylic oxidation sites excluding steroid dienone is 1. The van der Waals surface area contributed by atoms with Crippen LogP contribution in [0.25, 0.3) is 5.57 Å². The number of hydrogen-bond donors (Lipinski definition) is 2. The number of piperidine rings is 1. The summed E-state index contributed by atoms with van der Waals surface area (Å²) in [6.45, 7) is 0.663. The van der Waals surface area contributed by atoms with Gasteiger partial charge in [-0.3, -0.25) is 24.7 Å². The molecule has 0 saturated carbocycles. The van der Waals surface area contributed by atoms with Gasteiger partial charge in [-0.2, -0.15) is 0 Å². The second-order valence-electron chi connectivity index (χ2n) is 9.34. The molecule has 9 heteroatoms. The fraction of sp³-hybridized carbons (Fsp3) is 0.200. The van der Waals surface area contributed by atoms with Crippen LogP contribution in [0.4, 0.5) is 0 Å². The summed E-state index contributed by atoms with van der Waals surface area (Å²) in [7, 11) is 1.67. The van der Waals surface area contributed by atoms with Gasteiger partial charge in [-0.1, -0.05) is 48.0 Å². The molecule has 0 radical (unpaired) electrons. The molecule has 3 aromatic carbocycles. The van der Waals surface area contributed by atoms with Gasteiger partial charge >= 0.3 is 0 Å². The Morgan fingerprint density at radius 1 is 1.10 bits per heavy atom. The van der Waals surface area contributed by atoms with E-state index in [9.17, 15) is 14.4 Å². The summed E-state index contributed by atoms with van der Waals surface area (Å²) in [5, 5.41) is 2.77. The molecule has 3 N–H and O–H groups in total. The number of carbonyl (C=O) groups excluding carboxylic acids is 3. The highest BCUT2D eigenvalue weighted by molar-refractivity contribution is 6.35. The van der Waals surface area contributed by atoms with Gasteiger partial charge in [-0.05, 0) is 53.4 Å². The maximum absolute atomic E-state index is 13.1. The molecule has 8 nitrogen and oxygen atoms in total. The van der Waals surface area contributed by atoms with Gasteiger partial charge in [0, 0.05) is 42.9 Å². The number of fused-ring (bicyclic) bond motifs is 1. The molecule has 0 bridgehead atoms. The van der Waals surface area contributed by atoms with Crippen LogP contribution in [0.15, 0.2) is 77.9 Å². The topological polar surface area (TPSA) is 114 Å². The summed E-state index contributed by atoms with van der Waals surface area (Å²) in [6.07, 6.45) is 1.99. The second-order valence-corrected chi connectivity index (χ2v) is 9.75. The third-order valence-electron chi connectivity index (χ3n) is 6.92. The fourth-order valence-corrected chi connectivity index (χ4v) is 5.19. The van der Waals surface area contributed by atoms with Crippen molar-refractivity contribution in [3.63, 3.8) is 0 Å². The summed E-state index contributed by atoms with van der Waals surface area (Å²) in [4.78, 5) is 43.0. The lowest BCUT2D eigenvalue weighted by atomic mass is 9.94. The Kier molecular flexibility index (Phi) is 7.47. The van der Waals surface area contributed by atoms with Crippen molar-refractivity contribution in [3.05, 3.63) is 106 Å². The number of amides is 3. The summed E-state index contributed by atoms with van der Waals surface area (Å²) in [5.41, 5.74) is 11.2. The van der Waals surface area contributed by atoms with Crippen LogP contribution in [0.3, 0.4) is 0 Å². The first-order valence-electron chi connectivity index (χ1n) is 12.5. The van der Waals surface area contributed by atoms with E-state index in [1.165, 1.54) is 11.1 Å². The number of aliphatic imine (C=N–C) groups is 1. The summed E-state index contributed by atoms with van der Waals surface area (Å²) < 4.78 is 5.90. The molecule has 2 aliphatic rings. The average molecular weight is 543 g/mol. The van der Waals surface area contributed by atoms with Gasteiger partial charge in [0.2, 0.25) is 11.8 Å². The summed E-state index contributed by atoms with van der Waals surface area (Å²) >= 11 is 6.57. The molecule has 0 aliphatic carbocycles. The van der Waals surface area contributed by atoms with Crippen molar-refractivity contribution in [2.75, 3.05) is 7.05 Å². The van der Waals surface area contributed by atoms with Crippen LogP contribution < -0.4 is 15.8 Å². The number of ether oxygens (including phenoxy) is 1. The SMILES string of the molecule is CN=C(/C(=C\N)c1ccc2c(c1)CN(C1CCC(=O)NC1=O)C2=O)c1ccc(OCc2ccccc2)c(Cl)c1. The summed E-state index contributed by atoms with van der Waals surface area (Å²) in [6, 6.07) is 20.1. The van der Waals surface area contributed by atoms with Gasteiger partial charge in [0.05, 0.1) is 10.7 Å². The molecule has 0 spiro atoms. The van der Waals surface area contributed by atoms with Crippen molar-refractivity contribution in [1.29, 1.82) is 0 Å². The van der Waals surface area contributed by atoms with E-state index in [2.05, 4.69) is 10.3 Å². The molecular formula is C30H27ClN4O4. The van der Waals surface area contributed by atoms with Crippen LogP contribution in [0, 0.1) is 0 Å². The predicted molar refractivity (Wildman–Crippen MR) is 149 cm³/mol. The molecule has 1 atom stereocenters. The number of halogens is 1. The molecule has 198 valence electrons. The molecule has 0 aromatic heterocycles. The number of rotatable bonds is 7. The van der Waals surface area contributed by atoms with Gasteiger partial charge in [0.15, 0.2) is 0 Å². The zero-order chi connectivity index (χ0) is 27.5. The largest absolute Gasteiger partial charge is 0.487 e. The van der Waals surface area contributed by atoms with Crippen LogP contribution in [-0.2, 0) is 22.7 Å². The Hall–Kier alpha value is -4.43. The van der Waals surface area contributed by atoms with Gasteiger partial charge in [0.25, 0.3) is 5.91 Å². The van der Waals surface area contributed by atoms with Gasteiger partial charge in [-0.15, -0.1) is 0 Å². The van der Waals surface area contributed by atoms with Crippen LogP contribution in [-0.4, -0.2) is 41.4 Å². The fourth-order valence-electron chi connectivity index (χ4n) is 4.96. The lowest BCUT2D eigenvalue weighted by Crippen LogP contribution is -2.52. The first-order chi connectivity index (χ1) is 18.9. The van der Waals surface area contributed by atoms with Crippen molar-refractivity contribution in [2.45, 2.75) is 32.0 Å². The number of hydrogen-bond acceptors (Lipinski definition) is 6. The molecule has 1 unspecified atom stereocenters. The van der Waals surface area contributed by atoms with Crippen molar-refractivity contribution >= 4 is 40.6 Å². The number of nitrogens with zero attached hydrogens (tertiary/aromatic N) is 2. The Labute approximate surface area is 231 Å². The lowest BCUT2D eigenvalue weighted by molar-refractivity contribution is -0.136. The Morgan fingerprint density at radius 3 is 2.56 bits per heavy atom. The number of benzene rings is 3. The maximum Gasteiger partial charge on any atom is 0.255 e. The minimum Gasteiger partial charge on any atom is -0.487 e. The third-order valence-corrected chi connectivity index (χ3v) is 7.22. The monoisotopic (exact) mass is 542 g/mol. The minimum absolute atomic E-state index is 0.205. The van der Waals surface area contributed by atoms with Crippen molar-refractivity contribution in [1.82, 2.24) is 10.2 Å². The zero-order valence-corrected chi connectivity index (χ0v) is 22.1. The molecule has 1 saturated heterocycles.